The van der Waals surface area contributed by atoms with Gasteiger partial charge in [0, 0.05) is 24.3 Å². The predicted molar refractivity (Wildman–Crippen MR) is 96.1 cm³/mol. The van der Waals surface area contributed by atoms with Gasteiger partial charge in [-0.1, -0.05) is 12.1 Å². The Hall–Kier alpha value is -3.88. The second kappa shape index (κ2) is 7.56. The lowest BCUT2D eigenvalue weighted by atomic mass is 10.0. The van der Waals surface area contributed by atoms with Crippen molar-refractivity contribution >= 4 is 23.4 Å². The van der Waals surface area contributed by atoms with E-state index in [1.807, 2.05) is 0 Å². The molecule has 0 bridgehead atoms. The fraction of sp³-hybridized carbons (Fsp3) is 0.0556. The molecule has 5 N–H and O–H groups in total. The summed E-state index contributed by atoms with van der Waals surface area (Å²) in [6.45, 7) is 0. The molecule has 3 rings (SSSR count). The zero-order valence-electron chi connectivity index (χ0n) is 13.8. The van der Waals surface area contributed by atoms with Crippen LogP contribution in [0.15, 0.2) is 65.7 Å². The summed E-state index contributed by atoms with van der Waals surface area (Å²) in [6, 6.07) is 6.10. The van der Waals surface area contributed by atoms with Gasteiger partial charge >= 0.3 is 5.97 Å². The van der Waals surface area contributed by atoms with Crippen LogP contribution in [0.2, 0.25) is 0 Å². The van der Waals surface area contributed by atoms with E-state index in [0.717, 1.165) is 12.3 Å². The lowest BCUT2D eigenvalue weighted by Crippen LogP contribution is -2.10. The third-order valence-electron chi connectivity index (χ3n) is 3.55. The number of anilines is 3. The van der Waals surface area contributed by atoms with Crippen molar-refractivity contribution < 1.29 is 24.5 Å². The van der Waals surface area contributed by atoms with Gasteiger partial charge in [0.25, 0.3) is 0 Å². The van der Waals surface area contributed by atoms with Crippen molar-refractivity contribution in [1.82, 2.24) is 9.97 Å². The van der Waals surface area contributed by atoms with Gasteiger partial charge in [-0.05, 0) is 23.8 Å². The average molecular weight is 370 g/mol. The molecular weight excluding hydrogens is 355 g/mol. The zero-order valence-corrected chi connectivity index (χ0v) is 13.8. The number of hydrogen-bond acceptors (Lipinski definition) is 7. The van der Waals surface area contributed by atoms with Gasteiger partial charge in [-0.3, -0.25) is 0 Å². The van der Waals surface area contributed by atoms with Gasteiger partial charge in [0.2, 0.25) is 5.95 Å². The van der Waals surface area contributed by atoms with E-state index in [-0.39, 0.29) is 35.4 Å². The highest BCUT2D eigenvalue weighted by Crippen LogP contribution is 2.24. The molecule has 27 heavy (non-hydrogen) atoms. The van der Waals surface area contributed by atoms with Crippen LogP contribution in [-0.4, -0.2) is 31.3 Å². The van der Waals surface area contributed by atoms with Gasteiger partial charge in [-0.2, -0.15) is 4.98 Å². The molecule has 1 heterocycles. The molecule has 0 radical (unpaired) electrons. The Labute approximate surface area is 153 Å². The number of nitrogens with one attached hydrogen (secondary N) is 2. The van der Waals surface area contributed by atoms with Gasteiger partial charge < -0.3 is 26.0 Å². The van der Waals surface area contributed by atoms with Crippen molar-refractivity contribution in [3.8, 4) is 5.75 Å². The van der Waals surface area contributed by atoms with Crippen LogP contribution >= 0.6 is 0 Å². The highest BCUT2D eigenvalue weighted by atomic mass is 19.1. The Bertz CT molecular complexity index is 985. The van der Waals surface area contributed by atoms with Crippen molar-refractivity contribution in [2.45, 2.75) is 6.42 Å². The monoisotopic (exact) mass is 370 g/mol. The minimum atomic E-state index is -1.11. The molecule has 1 aliphatic rings. The van der Waals surface area contributed by atoms with Crippen LogP contribution < -0.4 is 10.6 Å². The van der Waals surface area contributed by atoms with Crippen LogP contribution in [0.25, 0.3) is 0 Å². The minimum absolute atomic E-state index is 0.0143. The molecule has 1 aromatic heterocycles. The second-order valence-corrected chi connectivity index (χ2v) is 5.62. The number of benzene rings is 1. The van der Waals surface area contributed by atoms with Crippen molar-refractivity contribution in [2.75, 3.05) is 10.6 Å². The van der Waals surface area contributed by atoms with Crippen molar-refractivity contribution in [3.05, 3.63) is 71.5 Å². The Morgan fingerprint density at radius 1 is 1.22 bits per heavy atom. The largest absolute Gasteiger partial charge is 0.510 e. The Morgan fingerprint density at radius 2 is 2.04 bits per heavy atom. The summed E-state index contributed by atoms with van der Waals surface area (Å²) in [5.74, 6) is -1.99. The second-order valence-electron chi connectivity index (χ2n) is 5.62. The van der Waals surface area contributed by atoms with Crippen molar-refractivity contribution in [1.29, 1.82) is 0 Å². The molecule has 1 aromatic carbocycles. The minimum Gasteiger partial charge on any atom is -0.510 e. The maximum Gasteiger partial charge on any atom is 0.328 e. The molecule has 138 valence electrons. The standard InChI is InChI=1S/C18H15FN4O4/c19-13-9-20-18(23-17(13)21-11-2-1-3-12(24)8-11)22-14-5-4-10(6-15(14)25)7-16(26)27/h1-5,7-9,24-25H,6H2,(H,26,27)(H2,20,21,22,23). The molecule has 0 unspecified atom stereocenters. The first-order chi connectivity index (χ1) is 12.9. The van der Waals surface area contributed by atoms with E-state index in [1.54, 1.807) is 12.1 Å². The van der Waals surface area contributed by atoms with E-state index in [4.69, 9.17) is 5.11 Å². The lowest BCUT2D eigenvalue weighted by Gasteiger charge is -2.15. The summed E-state index contributed by atoms with van der Waals surface area (Å²) in [6.07, 6.45) is 4.99. The normalized spacial score (nSPS) is 15.1. The van der Waals surface area contributed by atoms with E-state index in [2.05, 4.69) is 20.6 Å². The summed E-state index contributed by atoms with van der Waals surface area (Å²) < 4.78 is 14.0. The first kappa shape index (κ1) is 17.9. The maximum absolute atomic E-state index is 14.0. The average Bonchev–Trinajstić information content (AvgIpc) is 2.60. The van der Waals surface area contributed by atoms with E-state index in [1.165, 1.54) is 24.3 Å². The first-order valence-corrected chi connectivity index (χ1v) is 7.80. The predicted octanol–water partition coefficient (Wildman–Crippen LogP) is 3.22. The Morgan fingerprint density at radius 3 is 2.74 bits per heavy atom. The van der Waals surface area contributed by atoms with Crippen LogP contribution in [0.5, 0.6) is 5.75 Å². The smallest absolute Gasteiger partial charge is 0.328 e. The number of carbonyl (C=O) groups is 1. The number of nitrogens with zero attached hydrogens (tertiary/aromatic N) is 2. The fourth-order valence-electron chi connectivity index (χ4n) is 2.36. The summed E-state index contributed by atoms with van der Waals surface area (Å²) in [7, 11) is 0. The molecule has 0 saturated heterocycles. The molecule has 8 nitrogen and oxygen atoms in total. The molecule has 0 amide bonds. The molecule has 0 aliphatic heterocycles. The maximum atomic E-state index is 14.0. The highest BCUT2D eigenvalue weighted by molar-refractivity contribution is 5.81. The van der Waals surface area contributed by atoms with Crippen LogP contribution in [-0.2, 0) is 4.79 Å². The van der Waals surface area contributed by atoms with Gasteiger partial charge in [0.15, 0.2) is 11.6 Å². The number of hydrogen-bond donors (Lipinski definition) is 5. The topological polar surface area (TPSA) is 128 Å². The number of rotatable bonds is 5. The van der Waals surface area contributed by atoms with Crippen LogP contribution in [0.1, 0.15) is 6.42 Å². The fourth-order valence-corrected chi connectivity index (χ4v) is 2.36. The summed E-state index contributed by atoms with van der Waals surface area (Å²) in [4.78, 5) is 18.5. The van der Waals surface area contributed by atoms with Gasteiger partial charge in [0.05, 0.1) is 11.9 Å². The first-order valence-electron chi connectivity index (χ1n) is 7.80. The zero-order chi connectivity index (χ0) is 19.4. The van der Waals surface area contributed by atoms with E-state index >= 15 is 0 Å². The summed E-state index contributed by atoms with van der Waals surface area (Å²) in [5, 5.41) is 33.8. The van der Waals surface area contributed by atoms with Crippen LogP contribution in [0.4, 0.5) is 21.8 Å². The quantitative estimate of drug-likeness (QED) is 0.508. The summed E-state index contributed by atoms with van der Waals surface area (Å²) in [5.41, 5.74) is 1.13. The number of aromatic nitrogens is 2. The molecule has 1 aliphatic carbocycles. The van der Waals surface area contributed by atoms with Gasteiger partial charge in [-0.15, -0.1) is 0 Å². The number of carboxylic acids is 1. The van der Waals surface area contributed by atoms with Gasteiger partial charge in [-0.25, -0.2) is 14.2 Å². The number of aliphatic hydroxyl groups excluding tert-OH is 1. The summed E-state index contributed by atoms with van der Waals surface area (Å²) >= 11 is 0. The van der Waals surface area contributed by atoms with E-state index in [0.29, 0.717) is 11.3 Å². The van der Waals surface area contributed by atoms with Crippen molar-refractivity contribution in [3.63, 3.8) is 0 Å². The number of phenolic OH excluding ortho intramolecular Hbond substituents is 1. The third-order valence-corrected chi connectivity index (χ3v) is 3.55. The molecular formula is C18H15FN4O4. The van der Waals surface area contributed by atoms with E-state index in [9.17, 15) is 19.4 Å². The molecule has 0 spiro atoms. The number of aromatic hydroxyl groups is 1. The molecule has 2 aromatic rings. The molecule has 0 atom stereocenters. The number of carboxylic acid groups (broad SMARTS) is 1. The number of allylic oxidation sites excluding steroid dienone is 3. The number of phenols is 1. The van der Waals surface area contributed by atoms with Gasteiger partial charge in [0.1, 0.15) is 11.5 Å². The van der Waals surface area contributed by atoms with Crippen LogP contribution in [0.3, 0.4) is 0 Å². The Balaban J connectivity index is 1.79. The number of aliphatic carboxylic acids is 1. The lowest BCUT2D eigenvalue weighted by molar-refractivity contribution is -0.131. The molecule has 0 saturated carbocycles. The number of halogens is 1. The highest BCUT2D eigenvalue weighted by Gasteiger charge is 2.14. The van der Waals surface area contributed by atoms with E-state index < -0.39 is 11.8 Å². The van der Waals surface area contributed by atoms with Crippen molar-refractivity contribution in [2.24, 2.45) is 0 Å². The van der Waals surface area contributed by atoms with Crippen LogP contribution in [0, 0.1) is 5.82 Å². The third kappa shape index (κ3) is 4.60. The number of aliphatic hydroxyl groups is 1. The molecule has 0 fully saturated rings. The SMILES string of the molecule is O=C(O)C=C1C=CC(Nc2ncc(F)c(Nc3cccc(O)c3)n2)=C(O)C1. The Kier molecular flexibility index (Phi) is 5.02. The molecule has 9 heteroatoms.